The number of nitrogens with two attached hydrogens (primary N) is 1. The largest absolute Gasteiger partial charge is 0.417 e. The molecule has 3 rings (SSSR count). The lowest BCUT2D eigenvalue weighted by Crippen LogP contribution is -2.15. The van der Waals surface area contributed by atoms with E-state index >= 15 is 0 Å². The average Bonchev–Trinajstić information content (AvgIpc) is 2.67. The Balaban J connectivity index is 2.07. The van der Waals surface area contributed by atoms with E-state index in [4.69, 9.17) is 5.73 Å². The van der Waals surface area contributed by atoms with Crippen molar-refractivity contribution in [2.24, 2.45) is 0 Å². The maximum Gasteiger partial charge on any atom is 0.417 e. The molecule has 9 heteroatoms. The number of hydrogen-bond acceptors (Lipinski definition) is 2. The highest BCUT2D eigenvalue weighted by molar-refractivity contribution is 6.04. The van der Waals surface area contributed by atoms with Gasteiger partial charge in [-0.25, -0.2) is 0 Å². The number of anilines is 2. The molecule has 3 aromatic carbocycles. The second kappa shape index (κ2) is 7.98. The number of amides is 1. The van der Waals surface area contributed by atoms with Gasteiger partial charge in [0.2, 0.25) is 0 Å². The van der Waals surface area contributed by atoms with E-state index in [0.29, 0.717) is 12.1 Å². The van der Waals surface area contributed by atoms with Crippen molar-refractivity contribution < 1.29 is 31.1 Å². The van der Waals surface area contributed by atoms with Gasteiger partial charge in [0.1, 0.15) is 0 Å². The van der Waals surface area contributed by atoms with Crippen LogP contribution >= 0.6 is 0 Å². The molecular weight excluding hydrogens is 422 g/mol. The first-order chi connectivity index (χ1) is 14.4. The standard InChI is InChI=1S/C22H16F6N2O/c1-12-2-4-13(5-3-12)20(31)30-15-7-9-17(19(11-15)22(26,27)28)16-8-6-14(29)10-18(16)21(23,24)25/h2-11H,29H2,1H3,(H,30,31). The van der Waals surface area contributed by atoms with Crippen molar-refractivity contribution in [2.75, 3.05) is 11.1 Å². The molecule has 3 N–H and O–H groups in total. The van der Waals surface area contributed by atoms with Crippen LogP contribution in [0.3, 0.4) is 0 Å². The Labute approximate surface area is 173 Å². The Kier molecular flexibility index (Phi) is 5.71. The van der Waals surface area contributed by atoms with E-state index in [1.54, 1.807) is 12.1 Å². The summed E-state index contributed by atoms with van der Waals surface area (Å²) in [4.78, 5) is 12.3. The third-order valence-corrected chi connectivity index (χ3v) is 4.54. The van der Waals surface area contributed by atoms with Crippen LogP contribution in [0.25, 0.3) is 11.1 Å². The minimum Gasteiger partial charge on any atom is -0.399 e. The Bertz CT molecular complexity index is 1120. The molecule has 0 unspecified atom stereocenters. The molecule has 0 saturated heterocycles. The zero-order valence-electron chi connectivity index (χ0n) is 16.0. The van der Waals surface area contributed by atoms with E-state index in [0.717, 1.165) is 29.8 Å². The highest BCUT2D eigenvalue weighted by Gasteiger charge is 2.38. The molecule has 0 spiro atoms. The van der Waals surface area contributed by atoms with E-state index in [-0.39, 0.29) is 16.9 Å². The van der Waals surface area contributed by atoms with Crippen LogP contribution in [0, 0.1) is 6.92 Å². The summed E-state index contributed by atoms with van der Waals surface area (Å²) in [5, 5.41) is 2.34. The molecule has 3 aromatic rings. The van der Waals surface area contributed by atoms with E-state index in [1.165, 1.54) is 12.1 Å². The van der Waals surface area contributed by atoms with E-state index in [1.807, 2.05) is 6.92 Å². The van der Waals surface area contributed by atoms with Gasteiger partial charge in [-0.3, -0.25) is 4.79 Å². The van der Waals surface area contributed by atoms with Crippen molar-refractivity contribution in [2.45, 2.75) is 19.3 Å². The lowest BCUT2D eigenvalue weighted by molar-refractivity contribution is -0.139. The summed E-state index contributed by atoms with van der Waals surface area (Å²) in [5.41, 5.74) is 2.15. The number of alkyl halides is 6. The SMILES string of the molecule is Cc1ccc(C(=O)Nc2ccc(-c3ccc(N)cc3C(F)(F)F)c(C(F)(F)F)c2)cc1. The van der Waals surface area contributed by atoms with Crippen molar-refractivity contribution in [3.63, 3.8) is 0 Å². The van der Waals surface area contributed by atoms with Gasteiger partial charge in [-0.1, -0.05) is 29.8 Å². The van der Waals surface area contributed by atoms with Crippen molar-refractivity contribution >= 4 is 17.3 Å². The quantitative estimate of drug-likeness (QED) is 0.361. The number of carbonyl (C=O) groups is 1. The first-order valence-electron chi connectivity index (χ1n) is 8.92. The maximum absolute atomic E-state index is 13.7. The molecular formula is C22H16F6N2O. The molecule has 1 amide bonds. The van der Waals surface area contributed by atoms with Crippen LogP contribution in [0.2, 0.25) is 0 Å². The lowest BCUT2D eigenvalue weighted by atomic mass is 9.93. The first kappa shape index (κ1) is 22.2. The van der Waals surface area contributed by atoms with Gasteiger partial charge in [0.15, 0.2) is 0 Å². The second-order valence-electron chi connectivity index (χ2n) is 6.88. The summed E-state index contributed by atoms with van der Waals surface area (Å²) in [6.45, 7) is 1.81. The van der Waals surface area contributed by atoms with Crippen LogP contribution in [0.4, 0.5) is 37.7 Å². The molecule has 0 aliphatic heterocycles. The monoisotopic (exact) mass is 438 g/mol. The van der Waals surface area contributed by atoms with Crippen LogP contribution in [0.1, 0.15) is 27.0 Å². The predicted octanol–water partition coefficient (Wildman–Crippen LogP) is 6.53. The summed E-state index contributed by atoms with van der Waals surface area (Å²) in [6.07, 6.45) is -9.88. The summed E-state index contributed by atoms with van der Waals surface area (Å²) in [5.74, 6) is -0.649. The maximum atomic E-state index is 13.7. The highest BCUT2D eigenvalue weighted by atomic mass is 19.4. The molecule has 0 bridgehead atoms. The van der Waals surface area contributed by atoms with Crippen molar-refractivity contribution in [1.29, 1.82) is 0 Å². The number of nitrogen functional groups attached to an aromatic ring is 1. The van der Waals surface area contributed by atoms with Gasteiger partial charge in [-0.05, 0) is 54.4 Å². The molecule has 0 aliphatic rings. The fourth-order valence-electron chi connectivity index (χ4n) is 3.03. The van der Waals surface area contributed by atoms with Crippen LogP contribution in [-0.2, 0) is 12.4 Å². The smallest absolute Gasteiger partial charge is 0.399 e. The van der Waals surface area contributed by atoms with Gasteiger partial charge < -0.3 is 11.1 Å². The first-order valence-corrected chi connectivity index (χ1v) is 8.92. The third kappa shape index (κ3) is 4.99. The number of aryl methyl sites for hydroxylation is 1. The molecule has 0 radical (unpaired) electrons. The van der Waals surface area contributed by atoms with Crippen molar-refractivity contribution in [3.8, 4) is 11.1 Å². The van der Waals surface area contributed by atoms with E-state index in [2.05, 4.69) is 5.32 Å². The number of halogens is 6. The highest BCUT2D eigenvalue weighted by Crippen LogP contribution is 2.44. The van der Waals surface area contributed by atoms with Gasteiger partial charge in [0.05, 0.1) is 11.1 Å². The third-order valence-electron chi connectivity index (χ3n) is 4.54. The van der Waals surface area contributed by atoms with E-state index < -0.39 is 40.5 Å². The van der Waals surface area contributed by atoms with Crippen LogP contribution < -0.4 is 11.1 Å². The average molecular weight is 438 g/mol. The topological polar surface area (TPSA) is 55.1 Å². The van der Waals surface area contributed by atoms with Gasteiger partial charge in [-0.15, -0.1) is 0 Å². The summed E-state index contributed by atoms with van der Waals surface area (Å²) in [6, 6.07) is 11.5. The number of rotatable bonds is 3. The van der Waals surface area contributed by atoms with Gasteiger partial charge >= 0.3 is 12.4 Å². The molecule has 0 saturated carbocycles. The minimum atomic E-state index is -4.97. The zero-order chi connectivity index (χ0) is 23.0. The van der Waals surface area contributed by atoms with Crippen LogP contribution in [0.5, 0.6) is 0 Å². The molecule has 162 valence electrons. The number of benzene rings is 3. The van der Waals surface area contributed by atoms with Gasteiger partial charge in [0.25, 0.3) is 5.91 Å². The molecule has 0 heterocycles. The second-order valence-corrected chi connectivity index (χ2v) is 6.88. The predicted molar refractivity (Wildman–Crippen MR) is 105 cm³/mol. The lowest BCUT2D eigenvalue weighted by Gasteiger charge is -2.19. The molecule has 0 aromatic heterocycles. The molecule has 0 aliphatic carbocycles. The Morgan fingerprint density at radius 1 is 0.774 bits per heavy atom. The van der Waals surface area contributed by atoms with Crippen LogP contribution in [0.15, 0.2) is 60.7 Å². The minimum absolute atomic E-state index is 0.203. The summed E-state index contributed by atoms with van der Waals surface area (Å²) >= 11 is 0. The summed E-state index contributed by atoms with van der Waals surface area (Å²) < 4.78 is 81.4. The van der Waals surface area contributed by atoms with Crippen molar-refractivity contribution in [3.05, 3.63) is 82.9 Å². The zero-order valence-corrected chi connectivity index (χ0v) is 16.0. The molecule has 0 fully saturated rings. The Morgan fingerprint density at radius 2 is 1.29 bits per heavy atom. The molecule has 3 nitrogen and oxygen atoms in total. The van der Waals surface area contributed by atoms with E-state index in [9.17, 15) is 31.1 Å². The van der Waals surface area contributed by atoms with Crippen LogP contribution in [-0.4, -0.2) is 5.91 Å². The molecule has 31 heavy (non-hydrogen) atoms. The van der Waals surface area contributed by atoms with Crippen molar-refractivity contribution in [1.82, 2.24) is 0 Å². The number of carbonyl (C=O) groups excluding carboxylic acids is 1. The fraction of sp³-hybridized carbons (Fsp3) is 0.136. The summed E-state index contributed by atoms with van der Waals surface area (Å²) in [7, 11) is 0. The van der Waals surface area contributed by atoms with Gasteiger partial charge in [-0.2, -0.15) is 26.3 Å². The fourth-order valence-corrected chi connectivity index (χ4v) is 3.03. The Hall–Kier alpha value is -3.49. The Morgan fingerprint density at radius 3 is 1.84 bits per heavy atom. The number of hydrogen-bond donors (Lipinski definition) is 2. The normalized spacial score (nSPS) is 12.0. The molecule has 0 atom stereocenters. The number of nitrogens with one attached hydrogen (secondary N) is 1. The van der Waals surface area contributed by atoms with Gasteiger partial charge in [0, 0.05) is 16.9 Å².